The van der Waals surface area contributed by atoms with Crippen molar-refractivity contribution < 1.29 is 0 Å². The fraction of sp³-hybridized carbons (Fsp3) is 0.538. The molecule has 1 aromatic carbocycles. The molecule has 1 aromatic rings. The minimum absolute atomic E-state index is 0.568. The molecule has 1 atom stereocenters. The van der Waals surface area contributed by atoms with Gasteiger partial charge in [-0.15, -0.1) is 11.8 Å². The lowest BCUT2D eigenvalue weighted by Crippen LogP contribution is -2.23. The lowest BCUT2D eigenvalue weighted by molar-refractivity contribution is 0.510. The Labute approximate surface area is 107 Å². The van der Waals surface area contributed by atoms with Crippen LogP contribution in [-0.4, -0.2) is 24.3 Å². The molecule has 3 heteroatoms. The average Bonchev–Trinajstić information content (AvgIpc) is 2.52. The molecule has 1 N–H and O–H groups in total. The van der Waals surface area contributed by atoms with Crippen LogP contribution < -0.4 is 5.32 Å². The van der Waals surface area contributed by atoms with Crippen LogP contribution in [0.2, 0.25) is 0 Å². The minimum Gasteiger partial charge on any atom is -0.309 e. The molecule has 0 radical (unpaired) electrons. The third-order valence-corrected chi connectivity index (χ3v) is 4.67. The van der Waals surface area contributed by atoms with E-state index in [-0.39, 0.29) is 0 Å². The normalized spacial score (nSPS) is 20.2. The van der Waals surface area contributed by atoms with Crippen LogP contribution in [-0.2, 0) is 0 Å². The minimum atomic E-state index is 0.568. The standard InChI is InChI=1S/C13H19NS2/c1-15-10-8-14-12-6-4-9-16-13-7-3-2-5-11(12)13/h2-3,5,7,12,14H,4,6,8-10H2,1H3. The molecule has 0 aromatic heterocycles. The Morgan fingerprint density at radius 1 is 1.44 bits per heavy atom. The summed E-state index contributed by atoms with van der Waals surface area (Å²) in [5, 5.41) is 3.68. The largest absolute Gasteiger partial charge is 0.309 e. The second-order valence-electron chi connectivity index (χ2n) is 4.03. The van der Waals surface area contributed by atoms with Crippen molar-refractivity contribution in [3.63, 3.8) is 0 Å². The van der Waals surface area contributed by atoms with E-state index in [9.17, 15) is 0 Å². The zero-order chi connectivity index (χ0) is 11.2. The van der Waals surface area contributed by atoms with Crippen LogP contribution >= 0.6 is 23.5 Å². The number of hydrogen-bond acceptors (Lipinski definition) is 3. The number of hydrogen-bond donors (Lipinski definition) is 1. The number of thioether (sulfide) groups is 2. The first-order chi connectivity index (χ1) is 7.92. The van der Waals surface area contributed by atoms with E-state index in [1.807, 2.05) is 23.5 Å². The lowest BCUT2D eigenvalue weighted by Gasteiger charge is -2.18. The number of fused-ring (bicyclic) bond motifs is 1. The molecular weight excluding hydrogens is 234 g/mol. The van der Waals surface area contributed by atoms with E-state index in [4.69, 9.17) is 0 Å². The Kier molecular flexibility index (Phi) is 5.07. The summed E-state index contributed by atoms with van der Waals surface area (Å²) in [6.07, 6.45) is 4.76. The quantitative estimate of drug-likeness (QED) is 0.824. The predicted molar refractivity (Wildman–Crippen MR) is 75.5 cm³/mol. The van der Waals surface area contributed by atoms with Gasteiger partial charge in [0.15, 0.2) is 0 Å². The van der Waals surface area contributed by atoms with Crippen molar-refractivity contribution >= 4 is 23.5 Å². The van der Waals surface area contributed by atoms with Crippen molar-refractivity contribution in [1.29, 1.82) is 0 Å². The summed E-state index contributed by atoms with van der Waals surface area (Å²) < 4.78 is 0. The molecule has 1 unspecified atom stereocenters. The molecular formula is C13H19NS2. The maximum atomic E-state index is 3.68. The molecule has 1 aliphatic rings. The Morgan fingerprint density at radius 3 is 3.19 bits per heavy atom. The van der Waals surface area contributed by atoms with Gasteiger partial charge in [-0.3, -0.25) is 0 Å². The van der Waals surface area contributed by atoms with Gasteiger partial charge in [-0.25, -0.2) is 0 Å². The molecule has 0 fully saturated rings. The fourth-order valence-corrected chi connectivity index (χ4v) is 3.48. The van der Waals surface area contributed by atoms with Gasteiger partial charge in [-0.1, -0.05) is 18.2 Å². The van der Waals surface area contributed by atoms with Crippen molar-refractivity contribution in [1.82, 2.24) is 5.32 Å². The SMILES string of the molecule is CSCCNC1CCCSc2ccccc21. The van der Waals surface area contributed by atoms with Crippen LogP contribution in [0.4, 0.5) is 0 Å². The van der Waals surface area contributed by atoms with Crippen molar-refractivity contribution in [3.05, 3.63) is 29.8 Å². The van der Waals surface area contributed by atoms with Crippen molar-refractivity contribution in [2.75, 3.05) is 24.3 Å². The second-order valence-corrected chi connectivity index (χ2v) is 6.15. The summed E-state index contributed by atoms with van der Waals surface area (Å²) in [5.74, 6) is 2.46. The second kappa shape index (κ2) is 6.58. The van der Waals surface area contributed by atoms with Gasteiger partial charge >= 0.3 is 0 Å². The van der Waals surface area contributed by atoms with Crippen LogP contribution in [0, 0.1) is 0 Å². The molecule has 1 aliphatic heterocycles. The van der Waals surface area contributed by atoms with Gasteiger partial charge in [0.1, 0.15) is 0 Å². The van der Waals surface area contributed by atoms with Gasteiger partial charge in [0.05, 0.1) is 0 Å². The molecule has 0 bridgehead atoms. The van der Waals surface area contributed by atoms with E-state index in [0.29, 0.717) is 6.04 Å². The average molecular weight is 253 g/mol. The van der Waals surface area contributed by atoms with Gasteiger partial charge in [-0.2, -0.15) is 11.8 Å². The summed E-state index contributed by atoms with van der Waals surface area (Å²) in [6, 6.07) is 9.42. The van der Waals surface area contributed by atoms with E-state index in [1.54, 1.807) is 0 Å². The van der Waals surface area contributed by atoms with E-state index in [0.717, 1.165) is 6.54 Å². The van der Waals surface area contributed by atoms with Crippen molar-refractivity contribution in [3.8, 4) is 0 Å². The topological polar surface area (TPSA) is 12.0 Å². The molecule has 2 rings (SSSR count). The maximum Gasteiger partial charge on any atom is 0.0331 e. The monoisotopic (exact) mass is 253 g/mol. The summed E-state index contributed by atoms with van der Waals surface area (Å²) in [7, 11) is 0. The third-order valence-electron chi connectivity index (χ3n) is 2.89. The first-order valence-corrected chi connectivity index (χ1v) is 8.24. The van der Waals surface area contributed by atoms with Crippen LogP contribution in [0.5, 0.6) is 0 Å². The molecule has 16 heavy (non-hydrogen) atoms. The maximum absolute atomic E-state index is 3.68. The highest BCUT2D eigenvalue weighted by Crippen LogP contribution is 2.34. The summed E-state index contributed by atoms with van der Waals surface area (Å²) in [6.45, 7) is 1.12. The molecule has 0 amide bonds. The molecule has 0 aliphatic carbocycles. The Morgan fingerprint density at radius 2 is 2.31 bits per heavy atom. The summed E-state index contributed by atoms with van der Waals surface area (Å²) in [4.78, 5) is 1.47. The number of benzene rings is 1. The Balaban J connectivity index is 2.06. The first kappa shape index (κ1) is 12.3. The smallest absolute Gasteiger partial charge is 0.0331 e. The fourth-order valence-electron chi connectivity index (χ4n) is 2.07. The molecule has 1 heterocycles. The lowest BCUT2D eigenvalue weighted by atomic mass is 10.0. The first-order valence-electron chi connectivity index (χ1n) is 5.86. The van der Waals surface area contributed by atoms with Crippen molar-refractivity contribution in [2.45, 2.75) is 23.8 Å². The van der Waals surface area contributed by atoms with Crippen LogP contribution in [0.15, 0.2) is 29.2 Å². The van der Waals surface area contributed by atoms with E-state index in [2.05, 4.69) is 35.8 Å². The van der Waals surface area contributed by atoms with Crippen LogP contribution in [0.25, 0.3) is 0 Å². The van der Waals surface area contributed by atoms with Gasteiger partial charge in [0.25, 0.3) is 0 Å². The predicted octanol–water partition coefficient (Wildman–Crippen LogP) is 3.57. The molecule has 88 valence electrons. The molecule has 0 spiro atoms. The van der Waals surface area contributed by atoms with E-state index >= 15 is 0 Å². The number of rotatable bonds is 4. The highest BCUT2D eigenvalue weighted by molar-refractivity contribution is 7.99. The zero-order valence-electron chi connectivity index (χ0n) is 9.74. The highest BCUT2D eigenvalue weighted by atomic mass is 32.2. The van der Waals surface area contributed by atoms with Gasteiger partial charge in [-0.05, 0) is 36.5 Å². The highest BCUT2D eigenvalue weighted by Gasteiger charge is 2.17. The Bertz CT molecular complexity index is 327. The van der Waals surface area contributed by atoms with Gasteiger partial charge in [0.2, 0.25) is 0 Å². The van der Waals surface area contributed by atoms with Crippen molar-refractivity contribution in [2.24, 2.45) is 0 Å². The third kappa shape index (κ3) is 3.19. The Hall–Kier alpha value is -0.120. The van der Waals surface area contributed by atoms with E-state index < -0.39 is 0 Å². The summed E-state index contributed by atoms with van der Waals surface area (Å²) >= 11 is 3.92. The zero-order valence-corrected chi connectivity index (χ0v) is 11.4. The van der Waals surface area contributed by atoms with Gasteiger partial charge < -0.3 is 5.32 Å². The summed E-state index contributed by atoms with van der Waals surface area (Å²) in [5.41, 5.74) is 1.51. The van der Waals surface area contributed by atoms with Crippen LogP contribution in [0.3, 0.4) is 0 Å². The van der Waals surface area contributed by atoms with Crippen LogP contribution in [0.1, 0.15) is 24.4 Å². The molecule has 1 nitrogen and oxygen atoms in total. The number of nitrogens with one attached hydrogen (secondary N) is 1. The molecule has 0 saturated heterocycles. The van der Waals surface area contributed by atoms with E-state index in [1.165, 1.54) is 34.8 Å². The van der Waals surface area contributed by atoms with Gasteiger partial charge in [0, 0.05) is 23.2 Å². The molecule has 0 saturated carbocycles.